The van der Waals surface area contributed by atoms with Crippen molar-refractivity contribution < 1.29 is 22.1 Å². The summed E-state index contributed by atoms with van der Waals surface area (Å²) in [5.41, 5.74) is 1.78. The highest BCUT2D eigenvalue weighted by Crippen LogP contribution is 2.28. The van der Waals surface area contributed by atoms with Gasteiger partial charge >= 0.3 is 10.1 Å². The lowest BCUT2D eigenvalue weighted by atomic mass is 10.1. The minimum Gasteiger partial charge on any atom is -0.495 e. The van der Waals surface area contributed by atoms with E-state index in [0.717, 1.165) is 11.1 Å². The molecule has 2 aromatic rings. The van der Waals surface area contributed by atoms with Gasteiger partial charge in [0.1, 0.15) is 10.6 Å². The molecule has 0 unspecified atom stereocenters. The fraction of sp³-hybridized carbons (Fsp3) is 0.353. The number of ether oxygens (including phenoxy) is 1. The fourth-order valence-corrected chi connectivity index (χ4v) is 3.93. The highest BCUT2D eigenvalue weighted by atomic mass is 32.2. The first-order valence-electron chi connectivity index (χ1n) is 7.71. The smallest absolute Gasteiger partial charge is 0.300 e. The summed E-state index contributed by atoms with van der Waals surface area (Å²) in [6.45, 7) is 4.01. The van der Waals surface area contributed by atoms with Crippen molar-refractivity contribution in [1.29, 1.82) is 0 Å². The number of nitrogens with one attached hydrogen (secondary N) is 1. The Morgan fingerprint density at radius 2 is 1.96 bits per heavy atom. The molecule has 1 aromatic heterocycles. The maximum absolute atomic E-state index is 12.4. The van der Waals surface area contributed by atoms with E-state index in [0.29, 0.717) is 17.8 Å². The van der Waals surface area contributed by atoms with Gasteiger partial charge in [-0.1, -0.05) is 6.07 Å². The molecular weight excluding hydrogens is 362 g/mol. The Hall–Kier alpha value is -1.90. The SMILES string of the molecule is COc1cc(C)c(C)cc1S(=O)(=O)OCCCNC(=O)c1cccs1. The number of aryl methyl sites for hydroxylation is 2. The third kappa shape index (κ3) is 5.04. The molecule has 0 spiro atoms. The molecular formula is C17H21NO5S2. The normalized spacial score (nSPS) is 11.3. The number of carbonyl (C=O) groups is 1. The summed E-state index contributed by atoms with van der Waals surface area (Å²) in [4.78, 5) is 12.4. The third-order valence-electron chi connectivity index (χ3n) is 3.64. The van der Waals surface area contributed by atoms with E-state index in [1.807, 2.05) is 19.2 Å². The van der Waals surface area contributed by atoms with Gasteiger partial charge in [-0.25, -0.2) is 0 Å². The molecule has 136 valence electrons. The van der Waals surface area contributed by atoms with Crippen molar-refractivity contribution in [3.05, 3.63) is 45.6 Å². The van der Waals surface area contributed by atoms with E-state index >= 15 is 0 Å². The molecule has 0 aliphatic heterocycles. The Balaban J connectivity index is 1.90. The van der Waals surface area contributed by atoms with Gasteiger partial charge in [0.15, 0.2) is 0 Å². The van der Waals surface area contributed by atoms with Crippen molar-refractivity contribution in [2.75, 3.05) is 20.3 Å². The first-order chi connectivity index (χ1) is 11.8. The molecule has 0 saturated carbocycles. The van der Waals surface area contributed by atoms with Gasteiger partial charge in [-0.15, -0.1) is 11.3 Å². The molecule has 1 N–H and O–H groups in total. The molecule has 0 fully saturated rings. The summed E-state index contributed by atoms with van der Waals surface area (Å²) < 4.78 is 35.0. The topological polar surface area (TPSA) is 81.7 Å². The molecule has 1 heterocycles. The van der Waals surface area contributed by atoms with Gasteiger partial charge in [-0.2, -0.15) is 8.42 Å². The van der Waals surface area contributed by atoms with Crippen molar-refractivity contribution in [3.63, 3.8) is 0 Å². The first kappa shape index (κ1) is 19.4. The van der Waals surface area contributed by atoms with Crippen LogP contribution in [-0.2, 0) is 14.3 Å². The second kappa shape index (κ2) is 8.46. The highest BCUT2D eigenvalue weighted by molar-refractivity contribution is 7.86. The van der Waals surface area contributed by atoms with Crippen LogP contribution in [0.1, 0.15) is 27.2 Å². The highest BCUT2D eigenvalue weighted by Gasteiger charge is 2.21. The van der Waals surface area contributed by atoms with Crippen LogP contribution in [0.4, 0.5) is 0 Å². The van der Waals surface area contributed by atoms with Crippen LogP contribution in [0, 0.1) is 13.8 Å². The minimum atomic E-state index is -3.92. The molecule has 1 amide bonds. The van der Waals surface area contributed by atoms with Gasteiger partial charge in [0.05, 0.1) is 18.6 Å². The molecule has 0 atom stereocenters. The predicted molar refractivity (Wildman–Crippen MR) is 96.9 cm³/mol. The Bertz CT molecular complexity index is 829. The second-order valence-corrected chi connectivity index (χ2v) is 7.98. The van der Waals surface area contributed by atoms with Gasteiger partial charge in [-0.3, -0.25) is 8.98 Å². The lowest BCUT2D eigenvalue weighted by Gasteiger charge is -2.12. The monoisotopic (exact) mass is 383 g/mol. The Labute approximate surface area is 151 Å². The average Bonchev–Trinajstić information content (AvgIpc) is 3.10. The van der Waals surface area contributed by atoms with Crippen molar-refractivity contribution in [2.45, 2.75) is 25.2 Å². The van der Waals surface area contributed by atoms with E-state index in [4.69, 9.17) is 8.92 Å². The zero-order valence-corrected chi connectivity index (χ0v) is 16.0. The minimum absolute atomic E-state index is 0.0146. The number of carbonyl (C=O) groups excluding carboxylic acids is 1. The van der Waals surface area contributed by atoms with Gasteiger partial charge in [0, 0.05) is 6.54 Å². The molecule has 0 radical (unpaired) electrons. The standard InChI is InChI=1S/C17H21NO5S2/c1-12-10-14(22-3)16(11-13(12)2)25(20,21)23-8-5-7-18-17(19)15-6-4-9-24-15/h4,6,9-11H,5,7-8H2,1-3H3,(H,18,19). The third-order valence-corrected chi connectivity index (χ3v) is 5.84. The van der Waals surface area contributed by atoms with E-state index in [2.05, 4.69) is 5.32 Å². The van der Waals surface area contributed by atoms with E-state index in [9.17, 15) is 13.2 Å². The van der Waals surface area contributed by atoms with Crippen LogP contribution in [0.3, 0.4) is 0 Å². The molecule has 0 aliphatic rings. The lowest BCUT2D eigenvalue weighted by Crippen LogP contribution is -2.24. The lowest BCUT2D eigenvalue weighted by molar-refractivity contribution is 0.0956. The van der Waals surface area contributed by atoms with Crippen LogP contribution in [0.25, 0.3) is 0 Å². The van der Waals surface area contributed by atoms with E-state index in [-0.39, 0.29) is 23.2 Å². The van der Waals surface area contributed by atoms with Crippen molar-refractivity contribution in [1.82, 2.24) is 5.32 Å². The molecule has 0 saturated heterocycles. The van der Waals surface area contributed by atoms with Crippen molar-refractivity contribution in [3.8, 4) is 5.75 Å². The van der Waals surface area contributed by atoms with E-state index in [1.54, 1.807) is 24.3 Å². The van der Waals surface area contributed by atoms with Gasteiger partial charge < -0.3 is 10.1 Å². The quantitative estimate of drug-likeness (QED) is 0.560. The van der Waals surface area contributed by atoms with E-state index in [1.165, 1.54) is 18.4 Å². The number of thiophene rings is 1. The van der Waals surface area contributed by atoms with E-state index < -0.39 is 10.1 Å². The molecule has 0 aliphatic carbocycles. The van der Waals surface area contributed by atoms with Gasteiger partial charge in [0.2, 0.25) is 0 Å². The van der Waals surface area contributed by atoms with Gasteiger partial charge in [0.25, 0.3) is 5.91 Å². The number of methoxy groups -OCH3 is 1. The van der Waals surface area contributed by atoms with Gasteiger partial charge in [-0.05, 0) is 55.0 Å². The second-order valence-electron chi connectivity index (χ2n) is 5.45. The van der Waals surface area contributed by atoms with Crippen LogP contribution >= 0.6 is 11.3 Å². The largest absolute Gasteiger partial charge is 0.495 e. The fourth-order valence-electron chi connectivity index (χ4n) is 2.12. The number of hydrogen-bond acceptors (Lipinski definition) is 6. The van der Waals surface area contributed by atoms with Crippen molar-refractivity contribution in [2.24, 2.45) is 0 Å². The Morgan fingerprint density at radius 1 is 1.24 bits per heavy atom. The molecule has 2 rings (SSSR count). The van der Waals surface area contributed by atoms with Crippen LogP contribution in [0.5, 0.6) is 5.75 Å². The zero-order chi connectivity index (χ0) is 18.4. The maximum Gasteiger partial charge on any atom is 0.300 e. The number of benzene rings is 1. The summed E-state index contributed by atoms with van der Waals surface area (Å²) in [6, 6.07) is 6.74. The van der Waals surface area contributed by atoms with Crippen LogP contribution in [0.15, 0.2) is 34.5 Å². The van der Waals surface area contributed by atoms with Crippen molar-refractivity contribution >= 4 is 27.4 Å². The molecule has 6 nitrogen and oxygen atoms in total. The summed E-state index contributed by atoms with van der Waals surface area (Å²) in [7, 11) is -2.50. The van der Waals surface area contributed by atoms with Crippen LogP contribution in [0.2, 0.25) is 0 Å². The summed E-state index contributed by atoms with van der Waals surface area (Å²) in [5, 5.41) is 4.54. The Kier molecular flexibility index (Phi) is 6.57. The zero-order valence-electron chi connectivity index (χ0n) is 14.4. The Morgan fingerprint density at radius 3 is 2.60 bits per heavy atom. The first-order valence-corrected chi connectivity index (χ1v) is 10.0. The molecule has 0 bridgehead atoms. The molecule has 25 heavy (non-hydrogen) atoms. The molecule has 8 heteroatoms. The maximum atomic E-state index is 12.4. The summed E-state index contributed by atoms with van der Waals surface area (Å²) >= 11 is 1.35. The summed E-state index contributed by atoms with van der Waals surface area (Å²) in [6.07, 6.45) is 0.378. The number of amides is 1. The number of hydrogen-bond donors (Lipinski definition) is 1. The van der Waals surface area contributed by atoms with Crippen LogP contribution < -0.4 is 10.1 Å². The average molecular weight is 383 g/mol. The summed E-state index contributed by atoms with van der Waals surface area (Å²) in [5.74, 6) is 0.0859. The number of rotatable bonds is 8. The van der Waals surface area contributed by atoms with Crippen LogP contribution in [-0.4, -0.2) is 34.6 Å². The predicted octanol–water partition coefficient (Wildman–Crippen LogP) is 2.90. The molecule has 1 aromatic carbocycles.